The van der Waals surface area contributed by atoms with Crippen LogP contribution in [0.1, 0.15) is 110 Å². The lowest BCUT2D eigenvalue weighted by molar-refractivity contribution is -0.694. The second-order valence-corrected chi connectivity index (χ2v) is 10.3. The normalized spacial score (nSPS) is 11.3. The van der Waals surface area contributed by atoms with Gasteiger partial charge in [-0.15, -0.1) is 0 Å². The molecule has 2 N–H and O–H groups in total. The Morgan fingerprint density at radius 1 is 0.650 bits per heavy atom. The van der Waals surface area contributed by atoms with E-state index in [-0.39, 0.29) is 25.6 Å². The Kier molecular flexibility index (Phi) is 27.0. The maximum absolute atomic E-state index is 11.9. The SMILES string of the molecule is CCCCCCCCCCCCCCCCCCNC(=O)OCC(COC(=O)NCC[n+]1ccccc1)OC.[Cl-]. The largest absolute Gasteiger partial charge is 1.00 e. The van der Waals surface area contributed by atoms with Gasteiger partial charge in [-0.05, 0) is 6.42 Å². The van der Waals surface area contributed by atoms with Crippen molar-refractivity contribution in [3.8, 4) is 0 Å². The molecule has 1 unspecified atom stereocenters. The number of hydrogen-bond acceptors (Lipinski definition) is 5. The molecule has 8 nitrogen and oxygen atoms in total. The molecular weight excluding hydrogens is 530 g/mol. The Morgan fingerprint density at radius 3 is 1.52 bits per heavy atom. The van der Waals surface area contributed by atoms with Crippen molar-refractivity contribution in [1.82, 2.24) is 10.6 Å². The standard InChI is InChI=1S/C31H55N3O5.ClH/c1-3-4-5-6-7-8-9-10-11-12-13-14-15-16-17-19-22-32-30(35)38-27-29(37-2)28-39-31(36)33-23-26-34-24-20-18-21-25-34;/h18,20-21,24-25,29H,3-17,19,22-23,26-28H2,1-2H3,(H-,32,33,35,36);1H. The number of hydrogen-bond donors (Lipinski definition) is 2. The predicted molar refractivity (Wildman–Crippen MR) is 156 cm³/mol. The van der Waals surface area contributed by atoms with Crippen molar-refractivity contribution in [2.75, 3.05) is 33.4 Å². The summed E-state index contributed by atoms with van der Waals surface area (Å²) in [5.74, 6) is 0. The first-order valence-electron chi connectivity index (χ1n) is 15.4. The van der Waals surface area contributed by atoms with Crippen LogP contribution in [0.3, 0.4) is 0 Å². The summed E-state index contributed by atoms with van der Waals surface area (Å²) in [5.41, 5.74) is 0. The van der Waals surface area contributed by atoms with Crippen LogP contribution < -0.4 is 27.6 Å². The van der Waals surface area contributed by atoms with Crippen LogP contribution in [0.2, 0.25) is 0 Å². The first-order chi connectivity index (χ1) is 19.2. The minimum Gasteiger partial charge on any atom is -1.00 e. The Morgan fingerprint density at radius 2 is 1.07 bits per heavy atom. The molecule has 40 heavy (non-hydrogen) atoms. The average Bonchev–Trinajstić information content (AvgIpc) is 2.95. The Balaban J connectivity index is 0.0000152. The maximum Gasteiger partial charge on any atom is 0.407 e. The molecular formula is C31H56ClN3O5. The Labute approximate surface area is 249 Å². The molecule has 1 heterocycles. The molecule has 1 aromatic rings. The van der Waals surface area contributed by atoms with Crippen LogP contribution >= 0.6 is 0 Å². The molecule has 1 rings (SSSR count). The zero-order valence-electron chi connectivity index (χ0n) is 25.2. The van der Waals surface area contributed by atoms with Crippen LogP contribution in [-0.2, 0) is 20.8 Å². The van der Waals surface area contributed by atoms with Gasteiger partial charge in [0.15, 0.2) is 18.9 Å². The van der Waals surface area contributed by atoms with E-state index in [2.05, 4.69) is 17.6 Å². The molecule has 1 atom stereocenters. The number of nitrogens with zero attached hydrogens (tertiary/aromatic N) is 1. The van der Waals surface area contributed by atoms with E-state index in [0.29, 0.717) is 19.6 Å². The number of methoxy groups -OCH3 is 1. The van der Waals surface area contributed by atoms with Crippen LogP contribution in [-0.4, -0.2) is 51.7 Å². The number of nitrogens with one attached hydrogen (secondary N) is 2. The fraction of sp³-hybridized carbons (Fsp3) is 0.774. The number of carbonyl (C=O) groups is 2. The number of pyridine rings is 1. The number of carbonyl (C=O) groups excluding carboxylic acids is 2. The number of aromatic nitrogens is 1. The quantitative estimate of drug-likeness (QED) is 0.135. The highest BCUT2D eigenvalue weighted by atomic mass is 35.5. The lowest BCUT2D eigenvalue weighted by atomic mass is 10.0. The summed E-state index contributed by atoms with van der Waals surface area (Å²) in [6.45, 7) is 4.00. The molecule has 232 valence electrons. The monoisotopic (exact) mass is 585 g/mol. The van der Waals surface area contributed by atoms with Gasteiger partial charge in [-0.2, -0.15) is 0 Å². The first-order valence-corrected chi connectivity index (χ1v) is 15.4. The number of unbranched alkanes of at least 4 members (excludes halogenated alkanes) is 15. The third kappa shape index (κ3) is 23.8. The molecule has 0 fully saturated rings. The number of amides is 2. The van der Waals surface area contributed by atoms with Gasteiger partial charge < -0.3 is 37.3 Å². The zero-order valence-corrected chi connectivity index (χ0v) is 25.9. The molecule has 0 aliphatic carbocycles. The molecule has 2 amide bonds. The van der Waals surface area contributed by atoms with E-state index >= 15 is 0 Å². The molecule has 0 radical (unpaired) electrons. The predicted octanol–water partition coefficient (Wildman–Crippen LogP) is 3.71. The van der Waals surface area contributed by atoms with E-state index in [4.69, 9.17) is 14.2 Å². The average molecular weight is 586 g/mol. The lowest BCUT2D eigenvalue weighted by Crippen LogP contribution is -3.00. The van der Waals surface area contributed by atoms with Crippen LogP contribution in [0.5, 0.6) is 0 Å². The van der Waals surface area contributed by atoms with Gasteiger partial charge in [0.2, 0.25) is 0 Å². The van der Waals surface area contributed by atoms with Crippen molar-refractivity contribution in [3.05, 3.63) is 30.6 Å². The van der Waals surface area contributed by atoms with E-state index in [9.17, 15) is 9.59 Å². The molecule has 1 aromatic heterocycles. The lowest BCUT2D eigenvalue weighted by Gasteiger charge is -2.16. The Hall–Kier alpha value is -2.06. The van der Waals surface area contributed by atoms with Crippen LogP contribution in [0.15, 0.2) is 30.6 Å². The van der Waals surface area contributed by atoms with Crippen molar-refractivity contribution in [2.45, 2.75) is 122 Å². The molecule has 0 saturated carbocycles. The van der Waals surface area contributed by atoms with Gasteiger partial charge in [0.1, 0.15) is 19.3 Å². The van der Waals surface area contributed by atoms with Crippen molar-refractivity contribution in [2.24, 2.45) is 0 Å². The summed E-state index contributed by atoms with van der Waals surface area (Å²) in [6.07, 6.45) is 23.5. The molecule has 0 aromatic carbocycles. The van der Waals surface area contributed by atoms with E-state index in [0.717, 1.165) is 12.8 Å². The maximum atomic E-state index is 11.9. The highest BCUT2D eigenvalue weighted by Gasteiger charge is 2.14. The molecule has 0 aliphatic rings. The smallest absolute Gasteiger partial charge is 0.407 e. The second kappa shape index (κ2) is 28.5. The van der Waals surface area contributed by atoms with Crippen molar-refractivity contribution in [1.29, 1.82) is 0 Å². The summed E-state index contributed by atoms with van der Waals surface area (Å²) in [4.78, 5) is 23.8. The van der Waals surface area contributed by atoms with E-state index < -0.39 is 18.3 Å². The van der Waals surface area contributed by atoms with Gasteiger partial charge in [0.25, 0.3) is 0 Å². The molecule has 0 spiro atoms. The summed E-state index contributed by atoms with van der Waals surface area (Å²) >= 11 is 0. The Bertz CT molecular complexity index is 711. The van der Waals surface area contributed by atoms with Gasteiger partial charge in [-0.3, -0.25) is 0 Å². The summed E-state index contributed by atoms with van der Waals surface area (Å²) in [6, 6.07) is 5.80. The van der Waals surface area contributed by atoms with E-state index in [1.807, 2.05) is 35.2 Å². The third-order valence-electron chi connectivity index (χ3n) is 6.85. The van der Waals surface area contributed by atoms with Crippen molar-refractivity contribution < 1.29 is 40.8 Å². The fourth-order valence-electron chi connectivity index (χ4n) is 4.36. The first kappa shape index (κ1) is 37.9. The van der Waals surface area contributed by atoms with Gasteiger partial charge >= 0.3 is 12.2 Å². The number of halogens is 1. The fourth-order valence-corrected chi connectivity index (χ4v) is 4.36. The summed E-state index contributed by atoms with van der Waals surface area (Å²) < 4.78 is 17.6. The van der Waals surface area contributed by atoms with Crippen molar-refractivity contribution in [3.63, 3.8) is 0 Å². The van der Waals surface area contributed by atoms with E-state index in [1.165, 1.54) is 97.0 Å². The van der Waals surface area contributed by atoms with Crippen LogP contribution in [0.25, 0.3) is 0 Å². The van der Waals surface area contributed by atoms with E-state index in [1.54, 1.807) is 0 Å². The minimum atomic E-state index is -0.526. The van der Waals surface area contributed by atoms with Crippen molar-refractivity contribution >= 4 is 12.2 Å². The number of alkyl carbamates (subject to hydrolysis) is 2. The molecule has 9 heteroatoms. The molecule has 0 bridgehead atoms. The number of ether oxygens (including phenoxy) is 3. The summed E-state index contributed by atoms with van der Waals surface area (Å²) in [5, 5.41) is 5.47. The second-order valence-electron chi connectivity index (χ2n) is 10.3. The highest BCUT2D eigenvalue weighted by molar-refractivity contribution is 5.67. The third-order valence-corrected chi connectivity index (χ3v) is 6.85. The molecule has 0 aliphatic heterocycles. The van der Waals surface area contributed by atoms with Gasteiger partial charge in [-0.1, -0.05) is 109 Å². The zero-order chi connectivity index (χ0) is 28.2. The molecule has 0 saturated heterocycles. The van der Waals surface area contributed by atoms with Gasteiger partial charge in [-0.25, -0.2) is 14.2 Å². The van der Waals surface area contributed by atoms with Gasteiger partial charge in [0, 0.05) is 25.8 Å². The minimum absolute atomic E-state index is 0. The van der Waals surface area contributed by atoms with Crippen LogP contribution in [0, 0.1) is 0 Å². The number of rotatable bonds is 25. The summed E-state index contributed by atoms with van der Waals surface area (Å²) in [7, 11) is 1.50. The van der Waals surface area contributed by atoms with Gasteiger partial charge in [0.05, 0.1) is 6.54 Å². The van der Waals surface area contributed by atoms with Crippen LogP contribution in [0.4, 0.5) is 9.59 Å². The topological polar surface area (TPSA) is 89.8 Å². The highest BCUT2D eigenvalue weighted by Crippen LogP contribution is 2.13.